The van der Waals surface area contributed by atoms with Gasteiger partial charge in [0.2, 0.25) is 0 Å². The van der Waals surface area contributed by atoms with E-state index in [0.717, 1.165) is 23.0 Å². The lowest BCUT2D eigenvalue weighted by Gasteiger charge is -2.03. The molecule has 2 aromatic carbocycles. The molecule has 0 saturated carbocycles. The van der Waals surface area contributed by atoms with Crippen molar-refractivity contribution in [1.82, 2.24) is 0 Å². The van der Waals surface area contributed by atoms with Gasteiger partial charge in [0.15, 0.2) is 0 Å². The predicted octanol–water partition coefficient (Wildman–Crippen LogP) is 5.67. The Kier molecular flexibility index (Phi) is 4.94. The van der Waals surface area contributed by atoms with Gasteiger partial charge in [-0.1, -0.05) is 50.3 Å². The molecule has 1 N–H and O–H groups in total. The zero-order valence-corrected chi connectivity index (χ0v) is 12.8. The van der Waals surface area contributed by atoms with E-state index in [2.05, 4.69) is 25.1 Å². The largest absolute Gasteiger partial charge is 0.456 e. The molecule has 108 valence electrons. The van der Waals surface area contributed by atoms with Gasteiger partial charge in [-0.15, -0.1) is 0 Å². The molecule has 1 heterocycles. The number of hydrogen-bond acceptors (Lipinski definition) is 2. The second kappa shape index (κ2) is 6.89. The van der Waals surface area contributed by atoms with Crippen molar-refractivity contribution in [2.24, 2.45) is 0 Å². The van der Waals surface area contributed by atoms with E-state index in [4.69, 9.17) is 9.83 Å². The Balaban J connectivity index is 0.000000774. The monoisotopic (exact) mass is 279 g/mol. The highest BCUT2D eigenvalue weighted by atomic mass is 16.3. The van der Waals surface area contributed by atoms with Crippen molar-refractivity contribution in [3.05, 3.63) is 59.7 Å². The van der Waals surface area contributed by atoms with Gasteiger partial charge in [-0.3, -0.25) is 0 Å². The van der Waals surface area contributed by atoms with E-state index in [0.29, 0.717) is 0 Å². The minimum atomic E-state index is 0.790. The zero-order valence-electron chi connectivity index (χ0n) is 12.8. The molecule has 0 aliphatic heterocycles. The topological polar surface area (TPSA) is 37.0 Å². The molecule has 3 rings (SSSR count). The van der Waals surface area contributed by atoms with Gasteiger partial charge in [0, 0.05) is 22.6 Å². The van der Waals surface area contributed by atoms with Crippen molar-refractivity contribution in [3.63, 3.8) is 0 Å². The highest BCUT2D eigenvalue weighted by Crippen LogP contribution is 2.32. The highest BCUT2D eigenvalue weighted by molar-refractivity contribution is 6.06. The molecule has 21 heavy (non-hydrogen) atoms. The lowest BCUT2D eigenvalue weighted by Crippen LogP contribution is -1.87. The zero-order chi connectivity index (χ0) is 15.2. The molecular weight excluding hydrogens is 258 g/mol. The first-order valence-corrected chi connectivity index (χ1v) is 7.36. The fourth-order valence-electron chi connectivity index (χ4n) is 2.45. The van der Waals surface area contributed by atoms with Crippen LogP contribution >= 0.6 is 0 Å². The first-order valence-electron chi connectivity index (χ1n) is 7.36. The fourth-order valence-corrected chi connectivity index (χ4v) is 2.45. The molecule has 0 amide bonds. The van der Waals surface area contributed by atoms with Crippen LogP contribution in [0.1, 0.15) is 25.0 Å². The summed E-state index contributed by atoms with van der Waals surface area (Å²) in [6, 6.07) is 12.4. The highest BCUT2D eigenvalue weighted by Gasteiger charge is 2.11. The Bertz CT molecular complexity index is 781. The summed E-state index contributed by atoms with van der Waals surface area (Å²) < 4.78 is 6.00. The van der Waals surface area contributed by atoms with E-state index in [1.165, 1.54) is 22.7 Å². The summed E-state index contributed by atoms with van der Waals surface area (Å²) >= 11 is 0. The van der Waals surface area contributed by atoms with Crippen LogP contribution in [-0.4, -0.2) is 6.21 Å². The number of hydrogen-bond donors (Lipinski definition) is 1. The van der Waals surface area contributed by atoms with Crippen LogP contribution in [0.25, 0.3) is 21.9 Å². The third kappa shape index (κ3) is 2.89. The van der Waals surface area contributed by atoms with Crippen LogP contribution in [-0.2, 0) is 6.42 Å². The van der Waals surface area contributed by atoms with Crippen molar-refractivity contribution >= 4 is 28.2 Å². The standard InChI is InChI=1S/C17H15NO.C2H6/c1-12-9-10-15-14-7-2-3-8-16(14)19-17(15)13(12)6-4-5-11-18;1-2/h2-5,7-11,18H,6H2,1H3;1-2H3/b5-4-,18-11?;. The Morgan fingerprint density at radius 3 is 2.57 bits per heavy atom. The molecule has 0 radical (unpaired) electrons. The average molecular weight is 279 g/mol. The van der Waals surface area contributed by atoms with Crippen molar-refractivity contribution in [1.29, 1.82) is 5.41 Å². The van der Waals surface area contributed by atoms with Gasteiger partial charge in [0.1, 0.15) is 11.2 Å². The van der Waals surface area contributed by atoms with Crippen molar-refractivity contribution < 1.29 is 4.42 Å². The summed E-state index contributed by atoms with van der Waals surface area (Å²) in [5.41, 5.74) is 4.32. The van der Waals surface area contributed by atoms with Gasteiger partial charge in [-0.2, -0.15) is 0 Å². The van der Waals surface area contributed by atoms with Crippen molar-refractivity contribution in [2.75, 3.05) is 0 Å². The maximum absolute atomic E-state index is 7.04. The van der Waals surface area contributed by atoms with Crippen LogP contribution in [0.5, 0.6) is 0 Å². The average Bonchev–Trinajstić information content (AvgIpc) is 2.90. The first-order chi connectivity index (χ1) is 10.3. The van der Waals surface area contributed by atoms with Gasteiger partial charge < -0.3 is 9.83 Å². The minimum absolute atomic E-state index is 0.790. The molecule has 0 spiro atoms. The van der Waals surface area contributed by atoms with Crippen LogP contribution < -0.4 is 0 Å². The van der Waals surface area contributed by atoms with E-state index < -0.39 is 0 Å². The Hall–Kier alpha value is -2.35. The number of benzene rings is 2. The van der Waals surface area contributed by atoms with Gasteiger partial charge in [0.05, 0.1) is 0 Å². The molecule has 0 atom stereocenters. The normalized spacial score (nSPS) is 10.8. The lowest BCUT2D eigenvalue weighted by molar-refractivity contribution is 0.664. The molecule has 0 aliphatic carbocycles. The molecular formula is C19H21NO. The summed E-state index contributed by atoms with van der Waals surface area (Å²) in [4.78, 5) is 0. The maximum atomic E-state index is 7.04. The predicted molar refractivity (Wildman–Crippen MR) is 91.4 cm³/mol. The van der Waals surface area contributed by atoms with Crippen LogP contribution in [0.3, 0.4) is 0 Å². The van der Waals surface area contributed by atoms with E-state index >= 15 is 0 Å². The Morgan fingerprint density at radius 2 is 1.81 bits per heavy atom. The fraction of sp³-hybridized carbons (Fsp3) is 0.211. The van der Waals surface area contributed by atoms with E-state index in [9.17, 15) is 0 Å². The number of allylic oxidation sites excluding steroid dienone is 2. The van der Waals surface area contributed by atoms with Crippen LogP contribution in [0.2, 0.25) is 0 Å². The Labute approximate surface area is 125 Å². The van der Waals surface area contributed by atoms with Gasteiger partial charge >= 0.3 is 0 Å². The summed E-state index contributed by atoms with van der Waals surface area (Å²) in [5.74, 6) is 0. The molecule has 3 aromatic rings. The van der Waals surface area contributed by atoms with Crippen LogP contribution in [0.4, 0.5) is 0 Å². The van der Waals surface area contributed by atoms with Gasteiger partial charge in [0.25, 0.3) is 0 Å². The number of nitrogens with one attached hydrogen (secondary N) is 1. The number of furan rings is 1. The summed E-state index contributed by atoms with van der Waals surface area (Å²) in [5, 5.41) is 9.37. The molecule has 0 saturated heterocycles. The Morgan fingerprint density at radius 1 is 1.05 bits per heavy atom. The lowest BCUT2D eigenvalue weighted by atomic mass is 10.0. The van der Waals surface area contributed by atoms with E-state index in [1.54, 1.807) is 6.08 Å². The molecule has 0 unspecified atom stereocenters. The molecule has 1 aromatic heterocycles. The SMILES string of the molecule is CC.Cc1ccc2c(oc3ccccc32)c1C/C=C\C=N. The van der Waals surface area contributed by atoms with Crippen molar-refractivity contribution in [2.45, 2.75) is 27.2 Å². The summed E-state index contributed by atoms with van der Waals surface area (Å²) in [6.45, 7) is 6.10. The maximum Gasteiger partial charge on any atom is 0.139 e. The van der Waals surface area contributed by atoms with Crippen LogP contribution in [0, 0.1) is 12.3 Å². The third-order valence-electron chi connectivity index (χ3n) is 3.44. The second-order valence-electron chi connectivity index (χ2n) is 4.63. The number of aryl methyl sites for hydroxylation is 1. The molecule has 0 aliphatic rings. The smallest absolute Gasteiger partial charge is 0.139 e. The summed E-state index contributed by atoms with van der Waals surface area (Å²) in [7, 11) is 0. The molecule has 2 nitrogen and oxygen atoms in total. The van der Waals surface area contributed by atoms with Crippen molar-refractivity contribution in [3.8, 4) is 0 Å². The first kappa shape index (κ1) is 15.0. The third-order valence-corrected chi connectivity index (χ3v) is 3.44. The quantitative estimate of drug-likeness (QED) is 0.616. The number of para-hydroxylation sites is 1. The minimum Gasteiger partial charge on any atom is -0.456 e. The second-order valence-corrected chi connectivity index (χ2v) is 4.63. The van der Waals surface area contributed by atoms with E-state index in [1.807, 2.05) is 38.1 Å². The molecule has 0 fully saturated rings. The number of rotatable bonds is 3. The van der Waals surface area contributed by atoms with Crippen LogP contribution in [0.15, 0.2) is 53.0 Å². The van der Waals surface area contributed by atoms with Gasteiger partial charge in [-0.05, 0) is 31.1 Å². The van der Waals surface area contributed by atoms with E-state index in [-0.39, 0.29) is 0 Å². The molecule has 2 heteroatoms. The van der Waals surface area contributed by atoms with Gasteiger partial charge in [-0.25, -0.2) is 0 Å². The molecule has 0 bridgehead atoms. The summed E-state index contributed by atoms with van der Waals surface area (Å²) in [6.07, 6.45) is 5.83. The number of fused-ring (bicyclic) bond motifs is 3.